The van der Waals surface area contributed by atoms with Gasteiger partial charge in [0.1, 0.15) is 0 Å². The molecular weight excluding hydrogens is 182 g/mol. The van der Waals surface area contributed by atoms with Gasteiger partial charge < -0.3 is 4.90 Å². The maximum atomic E-state index is 2.38. The summed E-state index contributed by atoms with van der Waals surface area (Å²) in [7, 11) is 4.41. The molecule has 15 heavy (non-hydrogen) atoms. The second-order valence-electron chi connectivity index (χ2n) is 4.86. The topological polar surface area (TPSA) is 3.24 Å². The lowest BCUT2D eigenvalue weighted by molar-refractivity contribution is 0.214. The van der Waals surface area contributed by atoms with E-state index in [-0.39, 0.29) is 0 Å². The molecule has 0 saturated heterocycles. The first kappa shape index (κ1) is 10.7. The van der Waals surface area contributed by atoms with Gasteiger partial charge in [-0.25, -0.2) is 0 Å². The van der Waals surface area contributed by atoms with Crippen LogP contribution < -0.4 is 0 Å². The van der Waals surface area contributed by atoms with Crippen LogP contribution in [0.25, 0.3) is 0 Å². The van der Waals surface area contributed by atoms with Gasteiger partial charge >= 0.3 is 0 Å². The van der Waals surface area contributed by atoms with Gasteiger partial charge in [-0.3, -0.25) is 0 Å². The minimum absolute atomic E-state index is 0.619. The summed E-state index contributed by atoms with van der Waals surface area (Å²) in [6.45, 7) is 0. The van der Waals surface area contributed by atoms with Crippen molar-refractivity contribution in [2.75, 3.05) is 14.1 Å². The predicted molar refractivity (Wildman–Crippen MR) is 64.8 cm³/mol. The summed E-state index contributed by atoms with van der Waals surface area (Å²) in [5.41, 5.74) is 1.48. The van der Waals surface area contributed by atoms with E-state index in [2.05, 4.69) is 49.3 Å². The third kappa shape index (κ3) is 2.40. The van der Waals surface area contributed by atoms with Crippen LogP contribution >= 0.6 is 0 Å². The first-order valence-corrected chi connectivity index (χ1v) is 6.00. The smallest absolute Gasteiger partial charge is 0.0370 e. The third-order valence-electron chi connectivity index (χ3n) is 3.54. The SMILES string of the molecule is CN(C)[C@H](c1ccccc1)C1CCCC1. The second-order valence-corrected chi connectivity index (χ2v) is 4.86. The Kier molecular flexibility index (Phi) is 3.42. The largest absolute Gasteiger partial charge is 0.302 e. The fraction of sp³-hybridized carbons (Fsp3) is 0.571. The Morgan fingerprint density at radius 1 is 1.07 bits per heavy atom. The second kappa shape index (κ2) is 4.80. The van der Waals surface area contributed by atoms with E-state index in [0.717, 1.165) is 5.92 Å². The highest BCUT2D eigenvalue weighted by Crippen LogP contribution is 2.38. The van der Waals surface area contributed by atoms with Gasteiger partial charge in [-0.05, 0) is 38.4 Å². The van der Waals surface area contributed by atoms with Gasteiger partial charge in [0.2, 0.25) is 0 Å². The van der Waals surface area contributed by atoms with Crippen molar-refractivity contribution in [1.29, 1.82) is 0 Å². The molecule has 1 atom stereocenters. The number of benzene rings is 1. The van der Waals surface area contributed by atoms with Crippen molar-refractivity contribution in [2.45, 2.75) is 31.7 Å². The average molecular weight is 203 g/mol. The minimum atomic E-state index is 0.619. The van der Waals surface area contributed by atoms with Crippen LogP contribution in [0.2, 0.25) is 0 Å². The van der Waals surface area contributed by atoms with E-state index in [1.807, 2.05) is 0 Å². The molecule has 1 aromatic carbocycles. The number of hydrogen-bond donors (Lipinski definition) is 0. The van der Waals surface area contributed by atoms with Crippen molar-refractivity contribution in [3.05, 3.63) is 35.9 Å². The van der Waals surface area contributed by atoms with Crippen LogP contribution in [0.4, 0.5) is 0 Å². The lowest BCUT2D eigenvalue weighted by Crippen LogP contribution is -2.26. The van der Waals surface area contributed by atoms with Crippen molar-refractivity contribution >= 4 is 0 Å². The molecule has 0 amide bonds. The number of rotatable bonds is 3. The number of nitrogens with zero attached hydrogens (tertiary/aromatic N) is 1. The Hall–Kier alpha value is -0.820. The number of hydrogen-bond acceptors (Lipinski definition) is 1. The molecular formula is C14H21N. The van der Waals surface area contributed by atoms with Gasteiger partial charge in [-0.15, -0.1) is 0 Å². The molecule has 0 radical (unpaired) electrons. The maximum absolute atomic E-state index is 2.38. The van der Waals surface area contributed by atoms with Crippen LogP contribution in [-0.4, -0.2) is 19.0 Å². The summed E-state index contributed by atoms with van der Waals surface area (Å²) in [5, 5.41) is 0. The molecule has 82 valence electrons. The summed E-state index contributed by atoms with van der Waals surface area (Å²) in [4.78, 5) is 2.38. The lowest BCUT2D eigenvalue weighted by atomic mass is 9.91. The molecule has 1 aliphatic rings. The quantitative estimate of drug-likeness (QED) is 0.727. The highest BCUT2D eigenvalue weighted by atomic mass is 15.1. The van der Waals surface area contributed by atoms with E-state index in [4.69, 9.17) is 0 Å². The molecule has 0 bridgehead atoms. The average Bonchev–Trinajstić information content (AvgIpc) is 2.72. The first-order valence-electron chi connectivity index (χ1n) is 6.00. The molecule has 0 unspecified atom stereocenters. The molecule has 1 fully saturated rings. The van der Waals surface area contributed by atoms with Crippen LogP contribution in [0, 0.1) is 5.92 Å². The first-order chi connectivity index (χ1) is 7.29. The Morgan fingerprint density at radius 3 is 2.20 bits per heavy atom. The monoisotopic (exact) mass is 203 g/mol. The molecule has 1 aromatic rings. The fourth-order valence-corrected chi connectivity index (χ4v) is 2.92. The highest BCUT2D eigenvalue weighted by molar-refractivity contribution is 5.20. The van der Waals surface area contributed by atoms with Gasteiger partial charge in [0.15, 0.2) is 0 Å². The zero-order valence-corrected chi connectivity index (χ0v) is 9.82. The fourth-order valence-electron chi connectivity index (χ4n) is 2.92. The third-order valence-corrected chi connectivity index (χ3v) is 3.54. The van der Waals surface area contributed by atoms with Crippen molar-refractivity contribution < 1.29 is 0 Å². The summed E-state index contributed by atoms with van der Waals surface area (Å²) in [6.07, 6.45) is 5.64. The summed E-state index contributed by atoms with van der Waals surface area (Å²) >= 11 is 0. The summed E-state index contributed by atoms with van der Waals surface area (Å²) in [6, 6.07) is 11.6. The predicted octanol–water partition coefficient (Wildman–Crippen LogP) is 3.48. The van der Waals surface area contributed by atoms with Gasteiger partial charge in [0, 0.05) is 6.04 Å². The Bertz CT molecular complexity index is 285. The van der Waals surface area contributed by atoms with E-state index < -0.39 is 0 Å². The normalized spacial score (nSPS) is 19.7. The lowest BCUT2D eigenvalue weighted by Gasteiger charge is -2.30. The van der Waals surface area contributed by atoms with Crippen LogP contribution in [0.1, 0.15) is 37.3 Å². The van der Waals surface area contributed by atoms with Gasteiger partial charge in [0.05, 0.1) is 0 Å². The van der Waals surface area contributed by atoms with E-state index in [1.165, 1.54) is 31.2 Å². The molecule has 0 aromatic heterocycles. The van der Waals surface area contributed by atoms with Gasteiger partial charge in [0.25, 0.3) is 0 Å². The van der Waals surface area contributed by atoms with Crippen LogP contribution in [0.15, 0.2) is 30.3 Å². The molecule has 2 rings (SSSR count). The minimum Gasteiger partial charge on any atom is -0.302 e. The van der Waals surface area contributed by atoms with E-state index in [0.29, 0.717) is 6.04 Å². The molecule has 1 nitrogen and oxygen atoms in total. The molecule has 1 heteroatoms. The molecule has 1 aliphatic carbocycles. The van der Waals surface area contributed by atoms with Gasteiger partial charge in [-0.2, -0.15) is 0 Å². The van der Waals surface area contributed by atoms with Crippen molar-refractivity contribution in [1.82, 2.24) is 4.90 Å². The van der Waals surface area contributed by atoms with Crippen molar-refractivity contribution in [2.24, 2.45) is 5.92 Å². The summed E-state index contributed by atoms with van der Waals surface area (Å²) in [5.74, 6) is 0.863. The zero-order valence-electron chi connectivity index (χ0n) is 9.82. The molecule has 0 heterocycles. The van der Waals surface area contributed by atoms with Gasteiger partial charge in [-0.1, -0.05) is 43.2 Å². The van der Waals surface area contributed by atoms with Crippen molar-refractivity contribution in [3.8, 4) is 0 Å². The zero-order chi connectivity index (χ0) is 10.7. The highest BCUT2D eigenvalue weighted by Gasteiger charge is 2.27. The maximum Gasteiger partial charge on any atom is 0.0370 e. The Labute approximate surface area is 93.1 Å². The Balaban J connectivity index is 2.19. The molecule has 0 aliphatic heterocycles. The van der Waals surface area contributed by atoms with Crippen LogP contribution in [0.5, 0.6) is 0 Å². The van der Waals surface area contributed by atoms with Crippen LogP contribution in [-0.2, 0) is 0 Å². The molecule has 0 spiro atoms. The van der Waals surface area contributed by atoms with E-state index in [9.17, 15) is 0 Å². The molecule has 1 saturated carbocycles. The van der Waals surface area contributed by atoms with Crippen molar-refractivity contribution in [3.63, 3.8) is 0 Å². The van der Waals surface area contributed by atoms with E-state index >= 15 is 0 Å². The Morgan fingerprint density at radius 2 is 1.67 bits per heavy atom. The summed E-state index contributed by atoms with van der Waals surface area (Å²) < 4.78 is 0. The standard InChI is InChI=1S/C14H21N/c1-15(2)14(13-10-6-7-11-13)12-8-4-3-5-9-12/h3-5,8-9,13-14H,6-7,10-11H2,1-2H3/t14-/m1/s1. The van der Waals surface area contributed by atoms with E-state index in [1.54, 1.807) is 0 Å². The van der Waals surface area contributed by atoms with Crippen LogP contribution in [0.3, 0.4) is 0 Å². The molecule has 0 N–H and O–H groups in total.